The number of halogens is 1. The zero-order valence-electron chi connectivity index (χ0n) is 11.8. The van der Waals surface area contributed by atoms with Gasteiger partial charge in [-0.1, -0.05) is 6.92 Å². The van der Waals surface area contributed by atoms with Gasteiger partial charge in [0.1, 0.15) is 18.4 Å². The molecule has 0 bridgehead atoms. The lowest BCUT2D eigenvalue weighted by Gasteiger charge is -2.27. The average molecular weight is 293 g/mol. The van der Waals surface area contributed by atoms with Gasteiger partial charge in [-0.2, -0.15) is 5.26 Å². The van der Waals surface area contributed by atoms with Gasteiger partial charge >= 0.3 is 12.0 Å². The van der Waals surface area contributed by atoms with Crippen molar-refractivity contribution in [3.05, 3.63) is 29.6 Å². The maximum atomic E-state index is 13.2. The van der Waals surface area contributed by atoms with Crippen LogP contribution in [0.5, 0.6) is 0 Å². The Morgan fingerprint density at radius 2 is 2.19 bits per heavy atom. The van der Waals surface area contributed by atoms with Crippen LogP contribution in [0.2, 0.25) is 0 Å². The Bertz CT molecular complexity index is 583. The van der Waals surface area contributed by atoms with Crippen molar-refractivity contribution in [2.75, 3.05) is 11.9 Å². The fourth-order valence-corrected chi connectivity index (χ4v) is 1.68. The monoisotopic (exact) mass is 293 g/mol. The van der Waals surface area contributed by atoms with E-state index >= 15 is 0 Å². The van der Waals surface area contributed by atoms with Gasteiger partial charge in [-0.15, -0.1) is 0 Å². The van der Waals surface area contributed by atoms with E-state index in [9.17, 15) is 14.0 Å². The first-order chi connectivity index (χ1) is 9.88. The smallest absolute Gasteiger partial charge is 0.323 e. The van der Waals surface area contributed by atoms with Crippen LogP contribution in [-0.4, -0.2) is 34.6 Å². The van der Waals surface area contributed by atoms with Crippen molar-refractivity contribution >= 4 is 17.7 Å². The van der Waals surface area contributed by atoms with Crippen LogP contribution in [0.15, 0.2) is 18.2 Å². The quantitative estimate of drug-likeness (QED) is 0.871. The summed E-state index contributed by atoms with van der Waals surface area (Å²) in [4.78, 5) is 24.1. The van der Waals surface area contributed by atoms with E-state index in [1.54, 1.807) is 13.0 Å². The van der Waals surface area contributed by atoms with Crippen molar-refractivity contribution in [3.63, 3.8) is 0 Å². The van der Waals surface area contributed by atoms with Crippen molar-refractivity contribution in [1.82, 2.24) is 4.90 Å². The number of carboxylic acids is 1. The lowest BCUT2D eigenvalue weighted by Crippen LogP contribution is -2.44. The van der Waals surface area contributed by atoms with E-state index in [-0.39, 0.29) is 17.3 Å². The van der Waals surface area contributed by atoms with Crippen molar-refractivity contribution in [3.8, 4) is 6.07 Å². The number of nitrogens with zero attached hydrogens (tertiary/aromatic N) is 2. The van der Waals surface area contributed by atoms with Crippen LogP contribution >= 0.6 is 0 Å². The van der Waals surface area contributed by atoms with Crippen molar-refractivity contribution in [2.24, 2.45) is 0 Å². The molecule has 1 aromatic carbocycles. The van der Waals surface area contributed by atoms with Gasteiger partial charge in [-0.05, 0) is 31.5 Å². The van der Waals surface area contributed by atoms with Gasteiger partial charge in [0.05, 0.1) is 5.56 Å². The summed E-state index contributed by atoms with van der Waals surface area (Å²) < 4.78 is 13.2. The zero-order chi connectivity index (χ0) is 16.0. The summed E-state index contributed by atoms with van der Waals surface area (Å²) >= 11 is 0. The minimum Gasteiger partial charge on any atom is -0.480 e. The fourth-order valence-electron chi connectivity index (χ4n) is 1.68. The number of carboxylic acid groups (broad SMARTS) is 1. The van der Waals surface area contributed by atoms with E-state index in [2.05, 4.69) is 5.32 Å². The van der Waals surface area contributed by atoms with Gasteiger partial charge in [-0.25, -0.2) is 9.18 Å². The highest BCUT2D eigenvalue weighted by molar-refractivity contribution is 5.91. The molecule has 2 N–H and O–H groups in total. The minimum absolute atomic E-state index is 0.193. The Morgan fingerprint density at radius 1 is 1.52 bits per heavy atom. The Hall–Kier alpha value is -2.62. The third-order valence-corrected chi connectivity index (χ3v) is 3.03. The van der Waals surface area contributed by atoms with Crippen molar-refractivity contribution < 1.29 is 19.1 Å². The lowest BCUT2D eigenvalue weighted by atomic mass is 10.2. The van der Waals surface area contributed by atoms with Gasteiger partial charge in [0.25, 0.3) is 0 Å². The maximum Gasteiger partial charge on any atom is 0.323 e. The number of hydrogen-bond acceptors (Lipinski definition) is 3. The lowest BCUT2D eigenvalue weighted by molar-refractivity contribution is -0.138. The largest absolute Gasteiger partial charge is 0.480 e. The molecule has 0 aromatic heterocycles. The molecule has 0 spiro atoms. The van der Waals surface area contributed by atoms with Crippen molar-refractivity contribution in [1.29, 1.82) is 5.26 Å². The summed E-state index contributed by atoms with van der Waals surface area (Å²) in [5.41, 5.74) is 0.0396. The number of aliphatic carboxylic acids is 1. The molecule has 0 aliphatic carbocycles. The topological polar surface area (TPSA) is 93.4 Å². The fraction of sp³-hybridized carbons (Fsp3) is 0.357. The summed E-state index contributed by atoms with van der Waals surface area (Å²) in [7, 11) is 0. The SMILES string of the molecule is CCC(C)N(CC(=O)O)C(=O)Nc1ccc(F)c(C#N)c1. The highest BCUT2D eigenvalue weighted by Crippen LogP contribution is 2.15. The van der Waals surface area contributed by atoms with E-state index in [1.807, 2.05) is 6.92 Å². The minimum atomic E-state index is -1.12. The van der Waals surface area contributed by atoms with Crippen LogP contribution in [0.4, 0.5) is 14.9 Å². The number of urea groups is 1. The van der Waals surface area contributed by atoms with Gasteiger partial charge in [0, 0.05) is 11.7 Å². The van der Waals surface area contributed by atoms with E-state index in [0.29, 0.717) is 6.42 Å². The van der Waals surface area contributed by atoms with E-state index in [4.69, 9.17) is 10.4 Å². The molecule has 0 fully saturated rings. The highest BCUT2D eigenvalue weighted by atomic mass is 19.1. The highest BCUT2D eigenvalue weighted by Gasteiger charge is 2.21. The number of benzene rings is 1. The number of rotatable bonds is 5. The van der Waals surface area contributed by atoms with Crippen LogP contribution in [-0.2, 0) is 4.79 Å². The van der Waals surface area contributed by atoms with Gasteiger partial charge < -0.3 is 15.3 Å². The molecular formula is C14H16FN3O3. The first-order valence-corrected chi connectivity index (χ1v) is 6.38. The maximum absolute atomic E-state index is 13.2. The molecule has 0 saturated heterocycles. The summed E-state index contributed by atoms with van der Waals surface area (Å²) in [6.45, 7) is 3.12. The first-order valence-electron chi connectivity index (χ1n) is 6.38. The molecule has 112 valence electrons. The molecule has 0 heterocycles. The van der Waals surface area contributed by atoms with Crippen LogP contribution in [0.1, 0.15) is 25.8 Å². The Balaban J connectivity index is 2.91. The molecule has 2 amide bonds. The molecule has 21 heavy (non-hydrogen) atoms. The number of nitriles is 1. The molecule has 0 radical (unpaired) electrons. The van der Waals surface area contributed by atoms with Gasteiger partial charge in [-0.3, -0.25) is 4.79 Å². The first kappa shape index (κ1) is 16.4. The van der Waals surface area contributed by atoms with Gasteiger partial charge in [0.2, 0.25) is 0 Å². The summed E-state index contributed by atoms with van der Waals surface area (Å²) in [5.74, 6) is -1.80. The Labute approximate surface area is 121 Å². The molecule has 1 atom stereocenters. The summed E-state index contributed by atoms with van der Waals surface area (Å²) in [6.07, 6.45) is 0.591. The summed E-state index contributed by atoms with van der Waals surface area (Å²) in [6, 6.07) is 4.37. The van der Waals surface area contributed by atoms with Crippen molar-refractivity contribution in [2.45, 2.75) is 26.3 Å². The van der Waals surface area contributed by atoms with E-state index in [1.165, 1.54) is 12.1 Å². The number of nitrogens with one attached hydrogen (secondary N) is 1. The van der Waals surface area contributed by atoms with Gasteiger partial charge in [0.15, 0.2) is 0 Å². The molecule has 0 saturated carbocycles. The second-order valence-corrected chi connectivity index (χ2v) is 4.52. The molecule has 0 aliphatic rings. The predicted molar refractivity (Wildman–Crippen MR) is 74.2 cm³/mol. The average Bonchev–Trinajstić information content (AvgIpc) is 2.45. The molecular weight excluding hydrogens is 277 g/mol. The third-order valence-electron chi connectivity index (χ3n) is 3.03. The molecule has 6 nitrogen and oxygen atoms in total. The Morgan fingerprint density at radius 3 is 2.71 bits per heavy atom. The number of anilines is 1. The summed E-state index contributed by atoms with van der Waals surface area (Å²) in [5, 5.41) is 20.1. The number of hydrogen-bond donors (Lipinski definition) is 2. The molecule has 1 aromatic rings. The normalized spacial score (nSPS) is 11.3. The van der Waals surface area contributed by atoms with E-state index in [0.717, 1.165) is 11.0 Å². The molecule has 7 heteroatoms. The number of amides is 2. The number of carbonyl (C=O) groups is 2. The second-order valence-electron chi connectivity index (χ2n) is 4.52. The third kappa shape index (κ3) is 4.45. The van der Waals surface area contributed by atoms with Crippen LogP contribution in [0.25, 0.3) is 0 Å². The zero-order valence-corrected chi connectivity index (χ0v) is 11.8. The molecule has 1 unspecified atom stereocenters. The second kappa shape index (κ2) is 7.24. The van der Waals surface area contributed by atoms with Crippen LogP contribution in [0.3, 0.4) is 0 Å². The van der Waals surface area contributed by atoms with Crippen LogP contribution in [0, 0.1) is 17.1 Å². The molecule has 0 aliphatic heterocycles. The predicted octanol–water partition coefficient (Wildman–Crippen LogP) is 2.41. The van der Waals surface area contributed by atoms with Crippen LogP contribution < -0.4 is 5.32 Å². The standard InChI is InChI=1S/C14H16FN3O3/c1-3-9(2)18(8-13(19)20)14(21)17-11-4-5-12(15)10(6-11)7-16/h4-6,9H,3,8H2,1-2H3,(H,17,21)(H,19,20). The number of carbonyl (C=O) groups excluding carboxylic acids is 1. The Kier molecular flexibility index (Phi) is 5.67. The van der Waals surface area contributed by atoms with E-state index < -0.39 is 24.4 Å². The molecule has 1 rings (SSSR count).